The van der Waals surface area contributed by atoms with Gasteiger partial charge in [0.05, 0.1) is 27.0 Å². The molecule has 2 aromatic rings. The van der Waals surface area contributed by atoms with Gasteiger partial charge in [-0.05, 0) is 29.8 Å². The molecule has 0 N–H and O–H groups in total. The zero-order valence-electron chi connectivity index (χ0n) is 15.1. The molecule has 1 heterocycles. The first kappa shape index (κ1) is 19.5. The minimum Gasteiger partial charge on any atom is -0.383 e. The first-order valence-electron chi connectivity index (χ1n) is 8.20. The molecule has 5 nitrogen and oxygen atoms in total. The second kappa shape index (κ2) is 7.78. The number of allylic oxidation sites excluding steroid dienone is 1. The lowest BCUT2D eigenvalue weighted by molar-refractivity contribution is -0.112. The van der Waals surface area contributed by atoms with Gasteiger partial charge in [-0.25, -0.2) is 0 Å². The van der Waals surface area contributed by atoms with Crippen molar-refractivity contribution in [3.05, 3.63) is 69.3 Å². The topological polar surface area (TPSA) is 71.1 Å². The van der Waals surface area contributed by atoms with E-state index in [1.165, 1.54) is 11.0 Å². The Balaban J connectivity index is 2.27. The molecular weight excluding hydrogens is 395 g/mol. The molecule has 3 rings (SSSR count). The molecule has 0 spiro atoms. The summed E-state index contributed by atoms with van der Waals surface area (Å²) in [4.78, 5) is 16.5. The summed E-state index contributed by atoms with van der Waals surface area (Å²) in [7, 11) is 3.66. The Kier molecular flexibility index (Phi) is 5.42. The van der Waals surface area contributed by atoms with E-state index in [-0.39, 0.29) is 11.5 Å². The molecular formula is C21H14Cl2N4O. The van der Waals surface area contributed by atoms with E-state index in [1.807, 2.05) is 26.2 Å². The van der Waals surface area contributed by atoms with Crippen LogP contribution in [0.5, 0.6) is 0 Å². The van der Waals surface area contributed by atoms with Crippen molar-refractivity contribution in [2.75, 3.05) is 19.0 Å². The smallest absolute Gasteiger partial charge is 0.265 e. The average Bonchev–Trinajstić information content (AvgIpc) is 2.91. The van der Waals surface area contributed by atoms with Crippen molar-refractivity contribution >= 4 is 52.1 Å². The number of hydrogen-bond donors (Lipinski definition) is 0. The fraction of sp³-hybridized carbons (Fsp3) is 0.0952. The maximum atomic E-state index is 13.2. The molecule has 0 atom stereocenters. The normalized spacial score (nSPS) is 13.7. The second-order valence-corrected chi connectivity index (χ2v) is 7.09. The predicted octanol–water partition coefficient (Wildman–Crippen LogP) is 5.00. The van der Waals surface area contributed by atoms with Gasteiger partial charge in [0.25, 0.3) is 5.91 Å². The van der Waals surface area contributed by atoms with Gasteiger partial charge in [0, 0.05) is 25.9 Å². The summed E-state index contributed by atoms with van der Waals surface area (Å²) in [6.45, 7) is 0. The van der Waals surface area contributed by atoms with Crippen LogP contribution in [0.15, 0.2) is 48.2 Å². The van der Waals surface area contributed by atoms with Crippen LogP contribution in [0.25, 0.3) is 11.6 Å². The number of fused-ring (bicyclic) bond motifs is 1. The van der Waals surface area contributed by atoms with E-state index in [0.717, 1.165) is 0 Å². The van der Waals surface area contributed by atoms with Gasteiger partial charge >= 0.3 is 0 Å². The molecule has 0 bridgehead atoms. The molecule has 1 aliphatic heterocycles. The fourth-order valence-electron chi connectivity index (χ4n) is 2.96. The Morgan fingerprint density at radius 3 is 2.32 bits per heavy atom. The van der Waals surface area contributed by atoms with Crippen LogP contribution in [0.4, 0.5) is 11.4 Å². The third kappa shape index (κ3) is 3.46. The van der Waals surface area contributed by atoms with Crippen molar-refractivity contribution in [3.63, 3.8) is 0 Å². The number of anilines is 2. The van der Waals surface area contributed by atoms with Gasteiger partial charge in [-0.3, -0.25) is 9.69 Å². The molecule has 0 unspecified atom stereocenters. The van der Waals surface area contributed by atoms with Crippen LogP contribution in [0.1, 0.15) is 11.1 Å². The van der Waals surface area contributed by atoms with Crippen LogP contribution in [0.3, 0.4) is 0 Å². The van der Waals surface area contributed by atoms with Crippen LogP contribution in [-0.4, -0.2) is 24.9 Å². The zero-order valence-corrected chi connectivity index (χ0v) is 16.6. The van der Waals surface area contributed by atoms with E-state index in [2.05, 4.69) is 0 Å². The quantitative estimate of drug-likeness (QED) is 0.528. The minimum atomic E-state index is -0.263. The number of hydrogen-bond acceptors (Lipinski definition) is 4. The van der Waals surface area contributed by atoms with Crippen molar-refractivity contribution in [2.24, 2.45) is 0 Å². The van der Waals surface area contributed by atoms with E-state index in [1.54, 1.807) is 47.5 Å². The van der Waals surface area contributed by atoms with Gasteiger partial charge < -0.3 is 4.90 Å². The first-order chi connectivity index (χ1) is 13.4. The number of rotatable bonds is 3. The highest BCUT2D eigenvalue weighted by atomic mass is 35.5. The molecule has 28 heavy (non-hydrogen) atoms. The largest absolute Gasteiger partial charge is 0.383 e. The highest BCUT2D eigenvalue weighted by Gasteiger charge is 2.36. The summed E-state index contributed by atoms with van der Waals surface area (Å²) < 4.78 is 0. The molecule has 0 aromatic heterocycles. The minimum absolute atomic E-state index is 0.0318. The monoisotopic (exact) mass is 408 g/mol. The Bertz CT molecular complexity index is 1080. The van der Waals surface area contributed by atoms with Crippen molar-refractivity contribution in [1.82, 2.24) is 4.90 Å². The van der Waals surface area contributed by atoms with Crippen LogP contribution in [0.2, 0.25) is 10.0 Å². The molecule has 138 valence electrons. The van der Waals surface area contributed by atoms with Gasteiger partial charge in [0.2, 0.25) is 0 Å². The molecule has 0 radical (unpaired) electrons. The predicted molar refractivity (Wildman–Crippen MR) is 111 cm³/mol. The summed E-state index contributed by atoms with van der Waals surface area (Å²) in [5.74, 6) is -0.263. The Morgan fingerprint density at radius 2 is 1.75 bits per heavy atom. The molecule has 0 aliphatic carbocycles. The van der Waals surface area contributed by atoms with Crippen molar-refractivity contribution < 1.29 is 4.79 Å². The molecule has 0 fully saturated rings. The van der Waals surface area contributed by atoms with E-state index in [0.29, 0.717) is 38.1 Å². The zero-order chi connectivity index (χ0) is 20.4. The highest BCUT2D eigenvalue weighted by Crippen LogP contribution is 2.47. The van der Waals surface area contributed by atoms with Crippen LogP contribution in [-0.2, 0) is 4.79 Å². The molecule has 2 aromatic carbocycles. The number of para-hydroxylation sites is 1. The number of halogens is 2. The summed E-state index contributed by atoms with van der Waals surface area (Å²) in [5, 5.41) is 18.7. The molecule has 1 aliphatic rings. The van der Waals surface area contributed by atoms with Crippen LogP contribution >= 0.6 is 23.2 Å². The lowest BCUT2D eigenvalue weighted by atomic mass is 10.0. The van der Waals surface area contributed by atoms with Gasteiger partial charge in [-0.2, -0.15) is 10.5 Å². The van der Waals surface area contributed by atoms with Gasteiger partial charge in [0.15, 0.2) is 0 Å². The maximum Gasteiger partial charge on any atom is 0.265 e. The SMILES string of the molecule is CN(C)/C=C1/C(=O)N(c2c(Cl)cccc2Cl)c2cc(C=C(C#N)C#N)ccc21. The number of carbonyl (C=O) groups excluding carboxylic acids is 1. The van der Waals surface area contributed by atoms with E-state index in [4.69, 9.17) is 33.7 Å². The lowest BCUT2D eigenvalue weighted by Crippen LogP contribution is -2.22. The van der Waals surface area contributed by atoms with Gasteiger partial charge in [-0.15, -0.1) is 0 Å². The Morgan fingerprint density at radius 1 is 1.11 bits per heavy atom. The number of amides is 1. The summed E-state index contributed by atoms with van der Waals surface area (Å²) in [6, 6.07) is 14.0. The molecule has 0 saturated carbocycles. The third-order valence-corrected chi connectivity index (χ3v) is 4.70. The van der Waals surface area contributed by atoms with Gasteiger partial charge in [0.1, 0.15) is 17.7 Å². The van der Waals surface area contributed by atoms with Crippen LogP contribution in [0, 0.1) is 22.7 Å². The number of nitrogens with zero attached hydrogens (tertiary/aromatic N) is 4. The summed E-state index contributed by atoms with van der Waals surface area (Å²) >= 11 is 12.7. The van der Waals surface area contributed by atoms with E-state index >= 15 is 0 Å². The standard InChI is InChI=1S/C21H14Cl2N4O/c1-26(2)12-16-15-7-6-13(8-14(10-24)11-25)9-19(15)27(21(16)28)20-17(22)4-3-5-18(20)23/h3-9,12H,1-2H3/b16-12+. The van der Waals surface area contributed by atoms with Crippen molar-refractivity contribution in [1.29, 1.82) is 10.5 Å². The summed E-state index contributed by atoms with van der Waals surface area (Å²) in [6.07, 6.45) is 3.20. The fourth-order valence-corrected chi connectivity index (χ4v) is 3.53. The van der Waals surface area contributed by atoms with E-state index < -0.39 is 0 Å². The molecule has 7 heteroatoms. The number of carbonyl (C=O) groups is 1. The Labute approximate surface area is 172 Å². The first-order valence-corrected chi connectivity index (χ1v) is 8.96. The highest BCUT2D eigenvalue weighted by molar-refractivity contribution is 6.43. The third-order valence-electron chi connectivity index (χ3n) is 4.09. The summed E-state index contributed by atoms with van der Waals surface area (Å²) in [5.41, 5.74) is 2.76. The van der Waals surface area contributed by atoms with Crippen molar-refractivity contribution in [2.45, 2.75) is 0 Å². The van der Waals surface area contributed by atoms with Gasteiger partial charge in [-0.1, -0.05) is 41.4 Å². The Hall–Kier alpha value is -3.25. The van der Waals surface area contributed by atoms with Crippen molar-refractivity contribution in [3.8, 4) is 12.1 Å². The van der Waals surface area contributed by atoms with Crippen LogP contribution < -0.4 is 4.90 Å². The number of nitriles is 2. The second-order valence-electron chi connectivity index (χ2n) is 6.28. The van der Waals surface area contributed by atoms with E-state index in [9.17, 15) is 4.79 Å². The molecule has 0 saturated heterocycles. The maximum absolute atomic E-state index is 13.2. The molecule has 1 amide bonds. The number of benzene rings is 2. The average molecular weight is 409 g/mol. The lowest BCUT2D eigenvalue weighted by Gasteiger charge is -2.20.